The number of rotatable bonds is 6. The molecule has 0 bridgehead atoms. The first-order valence-corrected chi connectivity index (χ1v) is 7.31. The largest absolute Gasteiger partial charge is 0.461 e. The summed E-state index contributed by atoms with van der Waals surface area (Å²) in [6.07, 6.45) is 4.89. The first kappa shape index (κ1) is 16.5. The Kier molecular flexibility index (Phi) is 5.31. The number of oxazole rings is 1. The summed E-state index contributed by atoms with van der Waals surface area (Å²) < 4.78 is 10.9. The lowest BCUT2D eigenvalue weighted by Gasteiger charge is -2.01. The Bertz CT molecular complexity index is 751. The summed E-state index contributed by atoms with van der Waals surface area (Å²) in [6.45, 7) is 11.4. The van der Waals surface area contributed by atoms with E-state index < -0.39 is 5.97 Å². The molecule has 0 spiro atoms. The molecule has 0 radical (unpaired) electrons. The molecule has 0 aliphatic rings. The molecule has 1 heterocycles. The second-order valence-electron chi connectivity index (χ2n) is 4.85. The first-order valence-electron chi connectivity index (χ1n) is 7.31. The van der Waals surface area contributed by atoms with Crippen LogP contribution >= 0.6 is 0 Å². The van der Waals surface area contributed by atoms with Gasteiger partial charge in [0.05, 0.1) is 6.61 Å². The molecule has 0 amide bonds. The third-order valence-corrected chi connectivity index (χ3v) is 3.17. The molecule has 0 aliphatic carbocycles. The number of esters is 1. The summed E-state index contributed by atoms with van der Waals surface area (Å²) in [6, 6.07) is 7.70. The standard InChI is InChI=1S/C19H19NO3/c1-5-8-14(6-2)17-16(19(21)22-7-3)20-18(23-17)15-11-9-13(4)10-12-15/h5-6,8-12H,1-2,7H2,3-4H3/b14-8+. The Balaban J connectivity index is 2.57. The SMILES string of the molecule is C=C/C=C(\C=C)c1oc(-c2ccc(C)cc2)nc1C(=O)OCC. The van der Waals surface area contributed by atoms with Crippen LogP contribution in [0.2, 0.25) is 0 Å². The van der Waals surface area contributed by atoms with Crippen molar-refractivity contribution in [3.05, 3.63) is 72.7 Å². The molecular weight excluding hydrogens is 290 g/mol. The lowest BCUT2D eigenvalue weighted by molar-refractivity contribution is 0.0519. The van der Waals surface area contributed by atoms with E-state index in [1.807, 2.05) is 31.2 Å². The number of allylic oxidation sites excluding steroid dienone is 4. The van der Waals surface area contributed by atoms with Crippen molar-refractivity contribution in [2.45, 2.75) is 13.8 Å². The first-order chi connectivity index (χ1) is 11.1. The van der Waals surface area contributed by atoms with Crippen LogP contribution in [0.1, 0.15) is 28.7 Å². The molecule has 1 aromatic carbocycles. The van der Waals surface area contributed by atoms with Gasteiger partial charge in [0.2, 0.25) is 5.89 Å². The lowest BCUT2D eigenvalue weighted by atomic mass is 10.1. The van der Waals surface area contributed by atoms with Crippen LogP contribution in [0.4, 0.5) is 0 Å². The average Bonchev–Trinajstić information content (AvgIpc) is 2.98. The molecule has 0 aliphatic heterocycles. The van der Waals surface area contributed by atoms with Gasteiger partial charge in [0.15, 0.2) is 11.5 Å². The molecule has 0 saturated heterocycles. The number of hydrogen-bond donors (Lipinski definition) is 0. The molecule has 0 N–H and O–H groups in total. The maximum Gasteiger partial charge on any atom is 0.361 e. The Morgan fingerprint density at radius 3 is 2.57 bits per heavy atom. The fourth-order valence-corrected chi connectivity index (χ4v) is 2.04. The van der Waals surface area contributed by atoms with Crippen molar-refractivity contribution in [1.29, 1.82) is 0 Å². The van der Waals surface area contributed by atoms with E-state index in [0.29, 0.717) is 17.2 Å². The number of carbonyl (C=O) groups is 1. The average molecular weight is 309 g/mol. The molecule has 23 heavy (non-hydrogen) atoms. The van der Waals surface area contributed by atoms with Gasteiger partial charge in [-0.3, -0.25) is 0 Å². The van der Waals surface area contributed by atoms with Crippen molar-refractivity contribution in [1.82, 2.24) is 4.98 Å². The van der Waals surface area contributed by atoms with Crippen LogP contribution in [0.15, 0.2) is 60.1 Å². The molecule has 4 heteroatoms. The van der Waals surface area contributed by atoms with Gasteiger partial charge in [-0.2, -0.15) is 0 Å². The van der Waals surface area contributed by atoms with Crippen molar-refractivity contribution in [3.63, 3.8) is 0 Å². The third-order valence-electron chi connectivity index (χ3n) is 3.17. The maximum absolute atomic E-state index is 12.2. The third kappa shape index (κ3) is 3.66. The molecule has 0 fully saturated rings. The smallest absolute Gasteiger partial charge is 0.361 e. The summed E-state index contributed by atoms with van der Waals surface area (Å²) in [7, 11) is 0. The van der Waals surface area contributed by atoms with E-state index in [-0.39, 0.29) is 12.3 Å². The highest BCUT2D eigenvalue weighted by molar-refractivity contribution is 5.94. The predicted molar refractivity (Wildman–Crippen MR) is 91.0 cm³/mol. The van der Waals surface area contributed by atoms with Gasteiger partial charge in [0.25, 0.3) is 0 Å². The highest BCUT2D eigenvalue weighted by atomic mass is 16.5. The number of aromatic nitrogens is 1. The zero-order valence-corrected chi connectivity index (χ0v) is 13.3. The van der Waals surface area contributed by atoms with Crippen molar-refractivity contribution >= 4 is 11.5 Å². The van der Waals surface area contributed by atoms with Gasteiger partial charge in [-0.15, -0.1) is 0 Å². The minimum atomic E-state index is -0.526. The molecule has 2 rings (SSSR count). The molecule has 0 unspecified atom stereocenters. The number of nitrogens with zero attached hydrogens (tertiary/aromatic N) is 1. The predicted octanol–water partition coefficient (Wildman–Crippen LogP) is 4.58. The number of hydrogen-bond acceptors (Lipinski definition) is 4. The highest BCUT2D eigenvalue weighted by Gasteiger charge is 2.23. The fourth-order valence-electron chi connectivity index (χ4n) is 2.04. The minimum Gasteiger partial charge on any atom is -0.461 e. The number of aryl methyl sites for hydroxylation is 1. The second kappa shape index (κ2) is 7.40. The van der Waals surface area contributed by atoms with Gasteiger partial charge in [0.1, 0.15) is 0 Å². The minimum absolute atomic E-state index is 0.135. The highest BCUT2D eigenvalue weighted by Crippen LogP contribution is 2.28. The Hall–Kier alpha value is -2.88. The van der Waals surface area contributed by atoms with E-state index in [1.54, 1.807) is 25.2 Å². The van der Waals surface area contributed by atoms with Crippen LogP contribution in [-0.2, 0) is 4.74 Å². The van der Waals surface area contributed by atoms with Crippen LogP contribution in [0.5, 0.6) is 0 Å². The Morgan fingerprint density at radius 2 is 2.00 bits per heavy atom. The van der Waals surface area contributed by atoms with Gasteiger partial charge < -0.3 is 9.15 Å². The number of benzene rings is 1. The molecule has 118 valence electrons. The number of ether oxygens (including phenoxy) is 1. The van der Waals surface area contributed by atoms with Gasteiger partial charge in [0, 0.05) is 11.1 Å². The monoisotopic (exact) mass is 309 g/mol. The second-order valence-corrected chi connectivity index (χ2v) is 4.85. The summed E-state index contributed by atoms with van der Waals surface area (Å²) in [4.78, 5) is 16.5. The van der Waals surface area contributed by atoms with Crippen molar-refractivity contribution in [3.8, 4) is 11.5 Å². The Morgan fingerprint density at radius 1 is 1.30 bits per heavy atom. The van der Waals surface area contributed by atoms with Crippen LogP contribution in [0.25, 0.3) is 17.0 Å². The van der Waals surface area contributed by atoms with E-state index >= 15 is 0 Å². The zero-order valence-electron chi connectivity index (χ0n) is 13.3. The number of carbonyl (C=O) groups excluding carboxylic acids is 1. The normalized spacial score (nSPS) is 11.1. The summed E-state index contributed by atoms with van der Waals surface area (Å²) in [5.74, 6) is 0.162. The van der Waals surface area contributed by atoms with Gasteiger partial charge in [-0.25, -0.2) is 9.78 Å². The molecular formula is C19H19NO3. The van der Waals surface area contributed by atoms with Gasteiger partial charge in [-0.1, -0.05) is 49.1 Å². The Labute approximate surface area is 135 Å². The van der Waals surface area contributed by atoms with Crippen molar-refractivity contribution < 1.29 is 13.9 Å². The van der Waals surface area contributed by atoms with Gasteiger partial charge >= 0.3 is 5.97 Å². The van der Waals surface area contributed by atoms with E-state index in [4.69, 9.17) is 9.15 Å². The summed E-state index contributed by atoms with van der Waals surface area (Å²) in [5, 5.41) is 0. The van der Waals surface area contributed by atoms with Crippen LogP contribution < -0.4 is 0 Å². The van der Waals surface area contributed by atoms with Crippen molar-refractivity contribution in [2.75, 3.05) is 6.61 Å². The topological polar surface area (TPSA) is 52.3 Å². The molecule has 0 saturated carbocycles. The zero-order chi connectivity index (χ0) is 16.8. The fraction of sp³-hybridized carbons (Fsp3) is 0.158. The van der Waals surface area contributed by atoms with E-state index in [1.165, 1.54) is 0 Å². The van der Waals surface area contributed by atoms with Crippen LogP contribution in [-0.4, -0.2) is 17.6 Å². The van der Waals surface area contributed by atoms with E-state index in [2.05, 4.69) is 18.1 Å². The van der Waals surface area contributed by atoms with Gasteiger partial charge in [-0.05, 0) is 26.0 Å². The van der Waals surface area contributed by atoms with E-state index in [0.717, 1.165) is 11.1 Å². The molecule has 0 atom stereocenters. The van der Waals surface area contributed by atoms with Crippen LogP contribution in [0.3, 0.4) is 0 Å². The van der Waals surface area contributed by atoms with Crippen molar-refractivity contribution in [2.24, 2.45) is 0 Å². The molecule has 2 aromatic rings. The lowest BCUT2D eigenvalue weighted by Crippen LogP contribution is -2.07. The summed E-state index contributed by atoms with van der Waals surface area (Å²) in [5.41, 5.74) is 2.67. The van der Waals surface area contributed by atoms with Crippen LogP contribution in [0, 0.1) is 6.92 Å². The maximum atomic E-state index is 12.2. The summed E-state index contributed by atoms with van der Waals surface area (Å²) >= 11 is 0. The van der Waals surface area contributed by atoms with E-state index in [9.17, 15) is 4.79 Å². The quantitative estimate of drug-likeness (QED) is 0.579. The molecule has 1 aromatic heterocycles. The molecule has 4 nitrogen and oxygen atoms in total.